The van der Waals surface area contributed by atoms with E-state index >= 15 is 0 Å². The number of carbonyl (C=O) groups is 1. The van der Waals surface area contributed by atoms with Crippen LogP contribution in [0.1, 0.15) is 13.8 Å². The van der Waals surface area contributed by atoms with E-state index in [-0.39, 0.29) is 16.3 Å². The molecule has 0 aliphatic rings. The fourth-order valence-corrected chi connectivity index (χ4v) is 1.82. The van der Waals surface area contributed by atoms with E-state index in [9.17, 15) is 13.6 Å². The van der Waals surface area contributed by atoms with Gasteiger partial charge in [0.05, 0.1) is 10.6 Å². The lowest BCUT2D eigenvalue weighted by Gasteiger charge is -2.17. The second-order valence-corrected chi connectivity index (χ2v) is 5.05. The molecule has 0 amide bonds. The van der Waals surface area contributed by atoms with Gasteiger partial charge in [0.1, 0.15) is 29.2 Å². The van der Waals surface area contributed by atoms with Gasteiger partial charge in [-0.15, -0.1) is 0 Å². The average molecular weight is 285 g/mol. The molecule has 1 aromatic heterocycles. The molecule has 2 aromatic rings. The summed E-state index contributed by atoms with van der Waals surface area (Å²) in [6.45, 7) is 3.23. The van der Waals surface area contributed by atoms with Crippen molar-refractivity contribution in [2.24, 2.45) is 0 Å². The molecule has 0 aliphatic carbocycles. The van der Waals surface area contributed by atoms with Crippen molar-refractivity contribution in [2.75, 3.05) is 0 Å². The molecular weight excluding hydrogens is 274 g/mol. The normalized spacial score (nSPS) is 11.6. The van der Waals surface area contributed by atoms with Crippen LogP contribution in [0.2, 0.25) is 5.02 Å². The third-order valence-electron chi connectivity index (χ3n) is 2.75. The van der Waals surface area contributed by atoms with Crippen LogP contribution in [0.15, 0.2) is 24.4 Å². The van der Waals surface area contributed by atoms with Crippen LogP contribution >= 0.6 is 11.6 Å². The Balaban J connectivity index is 2.62. The summed E-state index contributed by atoms with van der Waals surface area (Å²) in [6, 6.07) is 3.51. The van der Waals surface area contributed by atoms with E-state index in [0.717, 1.165) is 12.1 Å². The fraction of sp³-hybridized carbons (Fsp3) is 0.231. The van der Waals surface area contributed by atoms with Crippen LogP contribution in [-0.2, 0) is 10.3 Å². The Kier molecular flexibility index (Phi) is 3.41. The molecule has 0 spiro atoms. The van der Waals surface area contributed by atoms with Crippen molar-refractivity contribution in [3.05, 3.63) is 41.1 Å². The molecule has 0 radical (unpaired) electrons. The van der Waals surface area contributed by atoms with Crippen LogP contribution in [0.5, 0.6) is 0 Å². The largest absolute Gasteiger partial charge is 0.301 e. The summed E-state index contributed by atoms with van der Waals surface area (Å²) < 4.78 is 28.7. The predicted molar refractivity (Wildman–Crippen MR) is 68.0 cm³/mol. The highest BCUT2D eigenvalue weighted by Crippen LogP contribution is 2.32. The lowest BCUT2D eigenvalue weighted by molar-refractivity contribution is -0.114. The van der Waals surface area contributed by atoms with Crippen LogP contribution < -0.4 is 0 Å². The molecule has 1 heterocycles. The van der Waals surface area contributed by atoms with Gasteiger partial charge < -0.3 is 4.79 Å². The highest BCUT2D eigenvalue weighted by molar-refractivity contribution is 6.33. The predicted octanol–water partition coefficient (Wildman–Crippen LogP) is 3.42. The molecule has 19 heavy (non-hydrogen) atoms. The first kappa shape index (κ1) is 13.7. The van der Waals surface area contributed by atoms with Crippen molar-refractivity contribution in [1.82, 2.24) is 9.78 Å². The maximum atomic E-state index is 13.7. The number of rotatable bonds is 3. The number of aromatic nitrogens is 2. The van der Waals surface area contributed by atoms with Gasteiger partial charge in [0.15, 0.2) is 0 Å². The molecule has 0 saturated carbocycles. The summed E-state index contributed by atoms with van der Waals surface area (Å²) in [5.74, 6) is -1.51. The van der Waals surface area contributed by atoms with Gasteiger partial charge in [-0.1, -0.05) is 17.7 Å². The number of nitrogens with zero attached hydrogens (tertiary/aromatic N) is 2. The zero-order chi connectivity index (χ0) is 14.2. The molecular formula is C13H11ClF2N2O. The highest BCUT2D eigenvalue weighted by Gasteiger charge is 2.24. The number of halogens is 3. The topological polar surface area (TPSA) is 34.9 Å². The van der Waals surface area contributed by atoms with E-state index < -0.39 is 17.2 Å². The van der Waals surface area contributed by atoms with Gasteiger partial charge in [0, 0.05) is 6.20 Å². The number of benzene rings is 1. The minimum absolute atomic E-state index is 0.0211. The Labute approximate surface area is 113 Å². The van der Waals surface area contributed by atoms with Crippen molar-refractivity contribution < 1.29 is 13.6 Å². The quantitative estimate of drug-likeness (QED) is 0.810. The SMILES string of the molecule is CC(C)(C=O)n1cc(Cl)c(-c2c(F)cccc2F)n1. The minimum Gasteiger partial charge on any atom is -0.301 e. The number of carbonyl (C=O) groups excluding carboxylic acids is 1. The number of hydrogen-bond acceptors (Lipinski definition) is 2. The van der Waals surface area contributed by atoms with Crippen LogP contribution in [0, 0.1) is 11.6 Å². The monoisotopic (exact) mass is 284 g/mol. The maximum absolute atomic E-state index is 13.7. The third-order valence-corrected chi connectivity index (χ3v) is 3.02. The number of aldehydes is 1. The van der Waals surface area contributed by atoms with E-state index in [2.05, 4.69) is 5.10 Å². The van der Waals surface area contributed by atoms with Gasteiger partial charge in [-0.3, -0.25) is 4.68 Å². The fourth-order valence-electron chi connectivity index (χ4n) is 1.60. The molecule has 3 nitrogen and oxygen atoms in total. The smallest absolute Gasteiger partial charge is 0.147 e. The average Bonchev–Trinajstić information content (AvgIpc) is 2.72. The summed E-state index contributed by atoms with van der Waals surface area (Å²) >= 11 is 5.95. The van der Waals surface area contributed by atoms with Gasteiger partial charge in [-0.05, 0) is 26.0 Å². The first-order valence-electron chi connectivity index (χ1n) is 5.53. The first-order chi connectivity index (χ1) is 8.86. The highest BCUT2D eigenvalue weighted by atomic mass is 35.5. The van der Waals surface area contributed by atoms with Crippen molar-refractivity contribution >= 4 is 17.9 Å². The van der Waals surface area contributed by atoms with Crippen molar-refractivity contribution in [3.63, 3.8) is 0 Å². The summed E-state index contributed by atoms with van der Waals surface area (Å²) in [7, 11) is 0. The zero-order valence-electron chi connectivity index (χ0n) is 10.3. The zero-order valence-corrected chi connectivity index (χ0v) is 11.1. The van der Waals surface area contributed by atoms with E-state index in [4.69, 9.17) is 11.6 Å². The van der Waals surface area contributed by atoms with Gasteiger partial charge in [0.2, 0.25) is 0 Å². The minimum atomic E-state index is -0.941. The van der Waals surface area contributed by atoms with Crippen LogP contribution in [0.3, 0.4) is 0 Å². The van der Waals surface area contributed by atoms with Crippen molar-refractivity contribution in [3.8, 4) is 11.3 Å². The molecule has 2 rings (SSSR count). The Morgan fingerprint density at radius 2 is 1.89 bits per heavy atom. The third kappa shape index (κ3) is 2.38. The van der Waals surface area contributed by atoms with E-state index in [0.29, 0.717) is 6.29 Å². The molecule has 0 saturated heterocycles. The Hall–Kier alpha value is -1.75. The Morgan fingerprint density at radius 1 is 1.32 bits per heavy atom. The van der Waals surface area contributed by atoms with Gasteiger partial charge in [0.25, 0.3) is 0 Å². The summed E-state index contributed by atoms with van der Waals surface area (Å²) in [5, 5.41) is 4.10. The maximum Gasteiger partial charge on any atom is 0.147 e. The molecule has 0 fully saturated rings. The van der Waals surface area contributed by atoms with Crippen molar-refractivity contribution in [1.29, 1.82) is 0 Å². The molecule has 0 unspecified atom stereocenters. The molecule has 6 heteroatoms. The summed E-state index contributed by atoms with van der Waals surface area (Å²) in [4.78, 5) is 11.0. The van der Waals surface area contributed by atoms with Gasteiger partial charge in [-0.2, -0.15) is 5.10 Å². The van der Waals surface area contributed by atoms with E-state index in [1.807, 2.05) is 0 Å². The lowest BCUT2D eigenvalue weighted by Crippen LogP contribution is -2.28. The van der Waals surface area contributed by atoms with Crippen molar-refractivity contribution in [2.45, 2.75) is 19.4 Å². The molecule has 1 aromatic carbocycles. The van der Waals surface area contributed by atoms with Gasteiger partial charge >= 0.3 is 0 Å². The second kappa shape index (κ2) is 4.74. The van der Waals surface area contributed by atoms with Crippen LogP contribution in [-0.4, -0.2) is 16.1 Å². The summed E-state index contributed by atoms with van der Waals surface area (Å²) in [5.41, 5.74) is -1.26. The lowest BCUT2D eigenvalue weighted by atomic mass is 10.1. The van der Waals surface area contributed by atoms with Crippen LogP contribution in [0.4, 0.5) is 8.78 Å². The number of hydrogen-bond donors (Lipinski definition) is 0. The first-order valence-corrected chi connectivity index (χ1v) is 5.91. The molecule has 0 atom stereocenters. The molecule has 0 aliphatic heterocycles. The Morgan fingerprint density at radius 3 is 2.42 bits per heavy atom. The molecule has 0 N–H and O–H groups in total. The molecule has 0 bridgehead atoms. The molecule has 100 valence electrons. The van der Waals surface area contributed by atoms with E-state index in [1.54, 1.807) is 13.8 Å². The van der Waals surface area contributed by atoms with E-state index in [1.165, 1.54) is 16.9 Å². The summed E-state index contributed by atoms with van der Waals surface area (Å²) in [6.07, 6.45) is 2.05. The van der Waals surface area contributed by atoms with Crippen LogP contribution in [0.25, 0.3) is 11.3 Å². The second-order valence-electron chi connectivity index (χ2n) is 4.64. The van der Waals surface area contributed by atoms with Gasteiger partial charge in [-0.25, -0.2) is 8.78 Å². The standard InChI is InChI=1S/C13H11ClF2N2O/c1-13(2,7-19)18-6-8(14)12(17-18)11-9(15)4-3-5-10(11)16/h3-7H,1-2H3. The Bertz CT molecular complexity index is 617.